The first-order valence-corrected chi connectivity index (χ1v) is 8.91. The first-order valence-electron chi connectivity index (χ1n) is 8.03. The summed E-state index contributed by atoms with van der Waals surface area (Å²) in [6.07, 6.45) is 1.29. The largest absolute Gasteiger partial charge is 0.352 e. The molecule has 2 aromatic carbocycles. The molecule has 24 heavy (non-hydrogen) atoms. The lowest BCUT2D eigenvalue weighted by Crippen LogP contribution is -2.22. The smallest absolute Gasteiger partial charge is 0.220 e. The fraction of sp³-hybridized carbons (Fsp3) is 0.200. The number of amides is 1. The summed E-state index contributed by atoms with van der Waals surface area (Å²) in [7, 11) is 0. The highest BCUT2D eigenvalue weighted by Crippen LogP contribution is 2.23. The van der Waals surface area contributed by atoms with Gasteiger partial charge in [0.25, 0.3) is 0 Å². The molecule has 0 bridgehead atoms. The van der Waals surface area contributed by atoms with E-state index < -0.39 is 0 Å². The lowest BCUT2D eigenvalue weighted by Gasteiger charge is -2.06. The van der Waals surface area contributed by atoms with Crippen molar-refractivity contribution in [3.8, 4) is 10.6 Å². The van der Waals surface area contributed by atoms with Crippen LogP contribution < -0.4 is 5.32 Å². The third kappa shape index (κ3) is 4.52. The second kappa shape index (κ2) is 7.88. The van der Waals surface area contributed by atoms with Gasteiger partial charge in [0.15, 0.2) is 0 Å². The molecule has 122 valence electrons. The Hall–Kier alpha value is -2.46. The lowest BCUT2D eigenvalue weighted by molar-refractivity contribution is -0.121. The van der Waals surface area contributed by atoms with Crippen LogP contribution >= 0.6 is 11.3 Å². The summed E-state index contributed by atoms with van der Waals surface area (Å²) in [4.78, 5) is 16.4. The molecule has 1 N–H and O–H groups in total. The van der Waals surface area contributed by atoms with Crippen LogP contribution in [0.4, 0.5) is 0 Å². The first kappa shape index (κ1) is 16.4. The fourth-order valence-corrected chi connectivity index (χ4v) is 3.25. The predicted molar refractivity (Wildman–Crippen MR) is 98.9 cm³/mol. The maximum absolute atomic E-state index is 12.0. The van der Waals surface area contributed by atoms with Crippen molar-refractivity contribution >= 4 is 17.2 Å². The van der Waals surface area contributed by atoms with Crippen molar-refractivity contribution in [3.05, 3.63) is 76.8 Å². The Balaban J connectivity index is 1.48. The zero-order valence-corrected chi connectivity index (χ0v) is 14.5. The molecule has 0 aliphatic heterocycles. The maximum Gasteiger partial charge on any atom is 0.220 e. The molecule has 0 spiro atoms. The number of carbonyl (C=O) groups is 1. The standard InChI is InChI=1S/C20H20N2OS/c1-15-14-24-20(22-15)18-10-7-17(8-11-18)13-21-19(23)12-9-16-5-3-2-4-6-16/h2-8,10-11,14H,9,12-13H2,1H3,(H,21,23). The van der Waals surface area contributed by atoms with Crippen LogP contribution in [0.3, 0.4) is 0 Å². The Morgan fingerprint density at radius 2 is 1.79 bits per heavy atom. The highest BCUT2D eigenvalue weighted by Gasteiger charge is 2.04. The van der Waals surface area contributed by atoms with Crippen LogP contribution in [0.5, 0.6) is 0 Å². The van der Waals surface area contributed by atoms with Gasteiger partial charge in [-0.3, -0.25) is 4.79 Å². The van der Waals surface area contributed by atoms with Crippen LogP contribution in [-0.4, -0.2) is 10.9 Å². The van der Waals surface area contributed by atoms with Gasteiger partial charge in [-0.2, -0.15) is 0 Å². The van der Waals surface area contributed by atoms with Crippen LogP contribution in [0.15, 0.2) is 60.0 Å². The summed E-state index contributed by atoms with van der Waals surface area (Å²) in [5.41, 5.74) is 4.45. The van der Waals surface area contributed by atoms with Crippen LogP contribution in [-0.2, 0) is 17.8 Å². The van der Waals surface area contributed by atoms with Gasteiger partial charge in [0, 0.05) is 29.6 Å². The molecule has 0 atom stereocenters. The van der Waals surface area contributed by atoms with Gasteiger partial charge >= 0.3 is 0 Å². The highest BCUT2D eigenvalue weighted by atomic mass is 32.1. The molecule has 4 heteroatoms. The minimum Gasteiger partial charge on any atom is -0.352 e. The average molecular weight is 336 g/mol. The van der Waals surface area contributed by atoms with Gasteiger partial charge in [-0.15, -0.1) is 11.3 Å². The van der Waals surface area contributed by atoms with Gasteiger partial charge < -0.3 is 5.32 Å². The molecule has 0 saturated carbocycles. The van der Waals surface area contributed by atoms with E-state index in [1.165, 1.54) is 5.56 Å². The minimum absolute atomic E-state index is 0.0819. The Bertz CT molecular complexity index is 794. The molecule has 1 amide bonds. The Kier molecular flexibility index (Phi) is 5.39. The van der Waals surface area contributed by atoms with E-state index in [1.807, 2.05) is 49.4 Å². The molecule has 3 nitrogen and oxygen atoms in total. The summed E-state index contributed by atoms with van der Waals surface area (Å²) in [6.45, 7) is 2.56. The minimum atomic E-state index is 0.0819. The molecule has 0 aliphatic carbocycles. The number of benzene rings is 2. The van der Waals surface area contributed by atoms with E-state index >= 15 is 0 Å². The van der Waals surface area contributed by atoms with Crippen molar-refractivity contribution in [2.45, 2.75) is 26.3 Å². The number of nitrogens with zero attached hydrogens (tertiary/aromatic N) is 1. The fourth-order valence-electron chi connectivity index (χ4n) is 2.44. The molecule has 3 rings (SSSR count). The molecule has 1 aromatic heterocycles. The molecular weight excluding hydrogens is 316 g/mol. The molecular formula is C20H20N2OS. The van der Waals surface area contributed by atoms with Crippen molar-refractivity contribution < 1.29 is 4.79 Å². The van der Waals surface area contributed by atoms with Gasteiger partial charge in [-0.05, 0) is 24.5 Å². The Labute approximate surface area is 146 Å². The van der Waals surface area contributed by atoms with Crippen molar-refractivity contribution in [2.75, 3.05) is 0 Å². The molecule has 0 fully saturated rings. The number of aryl methyl sites for hydroxylation is 2. The SMILES string of the molecule is Cc1csc(-c2ccc(CNC(=O)CCc3ccccc3)cc2)n1. The zero-order valence-electron chi connectivity index (χ0n) is 13.7. The van der Waals surface area contributed by atoms with Crippen molar-refractivity contribution in [1.82, 2.24) is 10.3 Å². The summed E-state index contributed by atoms with van der Waals surface area (Å²) in [6, 6.07) is 18.3. The third-order valence-corrected chi connectivity index (χ3v) is 4.80. The second-order valence-corrected chi connectivity index (χ2v) is 6.61. The molecule has 1 heterocycles. The number of aromatic nitrogens is 1. The van der Waals surface area contributed by atoms with Gasteiger partial charge in [-0.1, -0.05) is 54.6 Å². The van der Waals surface area contributed by atoms with Crippen molar-refractivity contribution in [1.29, 1.82) is 0 Å². The average Bonchev–Trinajstić information content (AvgIpc) is 3.06. The first-order chi connectivity index (χ1) is 11.7. The molecule has 0 saturated heterocycles. The summed E-state index contributed by atoms with van der Waals surface area (Å²) >= 11 is 1.65. The zero-order chi connectivity index (χ0) is 16.8. The van der Waals surface area contributed by atoms with Crippen LogP contribution in [0.2, 0.25) is 0 Å². The summed E-state index contributed by atoms with van der Waals surface area (Å²) in [5, 5.41) is 6.07. The lowest BCUT2D eigenvalue weighted by atomic mass is 10.1. The molecule has 0 radical (unpaired) electrons. The van der Waals surface area contributed by atoms with E-state index in [4.69, 9.17) is 0 Å². The number of hydrogen-bond donors (Lipinski definition) is 1. The number of rotatable bonds is 6. The van der Waals surface area contributed by atoms with E-state index in [9.17, 15) is 4.79 Å². The van der Waals surface area contributed by atoms with Crippen molar-refractivity contribution in [3.63, 3.8) is 0 Å². The van der Waals surface area contributed by atoms with Crippen LogP contribution in [0, 0.1) is 6.92 Å². The molecule has 0 aliphatic rings. The number of nitrogens with one attached hydrogen (secondary N) is 1. The predicted octanol–water partition coefficient (Wildman–Crippen LogP) is 4.37. The van der Waals surface area contributed by atoms with Gasteiger partial charge in [-0.25, -0.2) is 4.98 Å². The quantitative estimate of drug-likeness (QED) is 0.726. The second-order valence-electron chi connectivity index (χ2n) is 5.75. The van der Waals surface area contributed by atoms with Gasteiger partial charge in [0.1, 0.15) is 5.01 Å². The maximum atomic E-state index is 12.0. The van der Waals surface area contributed by atoms with Crippen LogP contribution in [0.1, 0.15) is 23.2 Å². The number of thiazole rings is 1. The van der Waals surface area contributed by atoms with E-state index in [2.05, 4.69) is 27.8 Å². The molecule has 0 unspecified atom stereocenters. The van der Waals surface area contributed by atoms with Gasteiger partial charge in [0.2, 0.25) is 5.91 Å². The van der Waals surface area contributed by atoms with E-state index in [0.29, 0.717) is 13.0 Å². The molecule has 3 aromatic rings. The number of hydrogen-bond acceptors (Lipinski definition) is 3. The Morgan fingerprint density at radius 1 is 1.04 bits per heavy atom. The summed E-state index contributed by atoms with van der Waals surface area (Å²) in [5.74, 6) is 0.0819. The number of carbonyl (C=O) groups excluding carboxylic acids is 1. The van der Waals surface area contributed by atoms with Gasteiger partial charge in [0.05, 0.1) is 0 Å². The normalized spacial score (nSPS) is 10.5. The topological polar surface area (TPSA) is 42.0 Å². The van der Waals surface area contributed by atoms with E-state index in [0.717, 1.165) is 28.2 Å². The van der Waals surface area contributed by atoms with Crippen molar-refractivity contribution in [2.24, 2.45) is 0 Å². The van der Waals surface area contributed by atoms with E-state index in [1.54, 1.807) is 11.3 Å². The van der Waals surface area contributed by atoms with E-state index in [-0.39, 0.29) is 5.91 Å². The Morgan fingerprint density at radius 3 is 2.46 bits per heavy atom. The third-order valence-electron chi connectivity index (χ3n) is 3.79. The summed E-state index contributed by atoms with van der Waals surface area (Å²) < 4.78 is 0. The monoisotopic (exact) mass is 336 g/mol. The van der Waals surface area contributed by atoms with Crippen LogP contribution in [0.25, 0.3) is 10.6 Å². The highest BCUT2D eigenvalue weighted by molar-refractivity contribution is 7.13.